The van der Waals surface area contributed by atoms with Crippen LogP contribution in [0.2, 0.25) is 0 Å². The predicted octanol–water partition coefficient (Wildman–Crippen LogP) is 3.93. The van der Waals surface area contributed by atoms with E-state index in [1.54, 1.807) is 0 Å². The van der Waals surface area contributed by atoms with Gasteiger partial charge in [-0.1, -0.05) is 19.1 Å². The first-order valence-electron chi connectivity index (χ1n) is 8.77. The molecule has 0 heterocycles. The van der Waals surface area contributed by atoms with Gasteiger partial charge in [0, 0.05) is 25.7 Å². The minimum Gasteiger partial charge on any atom is -0.331 e. The van der Waals surface area contributed by atoms with Gasteiger partial charge in [-0.3, -0.25) is 4.79 Å². The van der Waals surface area contributed by atoms with E-state index in [0.717, 1.165) is 30.0 Å². The molecule has 24 heavy (non-hydrogen) atoms. The maximum absolute atomic E-state index is 12.5. The minimum atomic E-state index is -0.115. The molecule has 0 saturated heterocycles. The van der Waals surface area contributed by atoms with Gasteiger partial charge in [0.05, 0.1) is 6.04 Å². The molecule has 0 unspecified atom stereocenters. The van der Waals surface area contributed by atoms with Gasteiger partial charge in [0.1, 0.15) is 0 Å². The van der Waals surface area contributed by atoms with Crippen molar-refractivity contribution in [2.24, 2.45) is 5.92 Å². The van der Waals surface area contributed by atoms with Crippen molar-refractivity contribution in [1.82, 2.24) is 10.2 Å². The molecule has 0 radical (unpaired) electrons. The number of carbonyl (C=O) groups excluding carboxylic acids is 2. The average Bonchev–Trinajstić information content (AvgIpc) is 2.54. The second-order valence-electron chi connectivity index (χ2n) is 7.00. The summed E-state index contributed by atoms with van der Waals surface area (Å²) in [6.07, 6.45) is 4.54. The Kier molecular flexibility index (Phi) is 6.23. The van der Waals surface area contributed by atoms with Crippen LogP contribution >= 0.6 is 0 Å². The third kappa shape index (κ3) is 4.98. The van der Waals surface area contributed by atoms with E-state index in [-0.39, 0.29) is 18.0 Å². The highest BCUT2D eigenvalue weighted by molar-refractivity contribution is 5.88. The first kappa shape index (κ1) is 18.3. The fraction of sp³-hybridized carbons (Fsp3) is 0.579. The van der Waals surface area contributed by atoms with Crippen LogP contribution in [0.5, 0.6) is 0 Å². The van der Waals surface area contributed by atoms with Gasteiger partial charge in [-0.15, -0.1) is 0 Å². The number of nitrogens with zero attached hydrogens (tertiary/aromatic N) is 1. The lowest BCUT2D eigenvalue weighted by Crippen LogP contribution is -2.45. The van der Waals surface area contributed by atoms with Crippen LogP contribution in [0.15, 0.2) is 24.3 Å². The number of amides is 3. The highest BCUT2D eigenvalue weighted by Crippen LogP contribution is 2.26. The third-order valence-corrected chi connectivity index (χ3v) is 4.90. The molecule has 5 heteroatoms. The minimum absolute atomic E-state index is 0.0352. The summed E-state index contributed by atoms with van der Waals surface area (Å²) in [5.41, 5.74) is 1.72. The number of urea groups is 1. The van der Waals surface area contributed by atoms with Crippen LogP contribution in [0.25, 0.3) is 0 Å². The molecule has 1 aliphatic rings. The molecule has 1 fully saturated rings. The molecule has 0 aromatic heterocycles. The zero-order valence-corrected chi connectivity index (χ0v) is 15.1. The van der Waals surface area contributed by atoms with E-state index in [1.807, 2.05) is 43.1 Å². The highest BCUT2D eigenvalue weighted by atomic mass is 16.2. The maximum Gasteiger partial charge on any atom is 0.317 e. The van der Waals surface area contributed by atoms with E-state index in [4.69, 9.17) is 0 Å². The molecule has 1 saturated carbocycles. The zero-order chi connectivity index (χ0) is 17.7. The Balaban J connectivity index is 1.94. The van der Waals surface area contributed by atoms with E-state index in [1.165, 1.54) is 19.8 Å². The number of anilines is 1. The summed E-state index contributed by atoms with van der Waals surface area (Å²) in [5.74, 6) is 0.670. The van der Waals surface area contributed by atoms with Crippen LogP contribution in [0.4, 0.5) is 10.5 Å². The summed E-state index contributed by atoms with van der Waals surface area (Å²) in [6.45, 7) is 5.72. The van der Waals surface area contributed by atoms with Crippen molar-refractivity contribution in [2.75, 3.05) is 12.4 Å². The topological polar surface area (TPSA) is 61.4 Å². The Labute approximate surface area is 144 Å². The standard InChI is InChI=1S/C19H29N3O2/c1-13-8-10-18(11-9-13)22(4)19(24)20-14(2)16-6-5-7-17(12-16)21-15(3)23/h5-7,12-14,18H,8-11H2,1-4H3,(H,20,24)(H,21,23)/t13?,14-,18?/m0/s1. The number of rotatable bonds is 4. The molecule has 132 valence electrons. The second-order valence-corrected chi connectivity index (χ2v) is 7.00. The fourth-order valence-electron chi connectivity index (χ4n) is 3.25. The molecular formula is C19H29N3O2. The first-order chi connectivity index (χ1) is 11.4. The van der Waals surface area contributed by atoms with Crippen molar-refractivity contribution >= 4 is 17.6 Å². The molecule has 1 aromatic carbocycles. The third-order valence-electron chi connectivity index (χ3n) is 4.90. The Hall–Kier alpha value is -2.04. The van der Waals surface area contributed by atoms with E-state index in [9.17, 15) is 9.59 Å². The Morgan fingerprint density at radius 2 is 1.88 bits per heavy atom. The van der Waals surface area contributed by atoms with Gasteiger partial charge >= 0.3 is 6.03 Å². The molecule has 1 aromatic rings. The monoisotopic (exact) mass is 331 g/mol. The lowest BCUT2D eigenvalue weighted by atomic mass is 9.87. The molecule has 2 N–H and O–H groups in total. The van der Waals surface area contributed by atoms with Gasteiger partial charge in [-0.05, 0) is 56.2 Å². The van der Waals surface area contributed by atoms with Crippen LogP contribution in [0.3, 0.4) is 0 Å². The van der Waals surface area contributed by atoms with Crippen molar-refractivity contribution in [3.05, 3.63) is 29.8 Å². The largest absolute Gasteiger partial charge is 0.331 e. The number of hydrogen-bond donors (Lipinski definition) is 2. The van der Waals surface area contributed by atoms with Crippen LogP contribution in [-0.2, 0) is 4.79 Å². The number of benzene rings is 1. The molecule has 2 rings (SSSR count). The second kappa shape index (κ2) is 8.18. The van der Waals surface area contributed by atoms with Crippen molar-refractivity contribution < 1.29 is 9.59 Å². The molecular weight excluding hydrogens is 302 g/mol. The predicted molar refractivity (Wildman–Crippen MR) is 96.9 cm³/mol. The average molecular weight is 331 g/mol. The van der Waals surface area contributed by atoms with Crippen LogP contribution in [0, 0.1) is 5.92 Å². The molecule has 0 bridgehead atoms. The maximum atomic E-state index is 12.5. The quantitative estimate of drug-likeness (QED) is 0.878. The van der Waals surface area contributed by atoms with Gasteiger partial charge in [-0.2, -0.15) is 0 Å². The number of hydrogen-bond acceptors (Lipinski definition) is 2. The van der Waals surface area contributed by atoms with Crippen molar-refractivity contribution in [3.8, 4) is 0 Å². The van der Waals surface area contributed by atoms with Gasteiger partial charge < -0.3 is 15.5 Å². The van der Waals surface area contributed by atoms with E-state index >= 15 is 0 Å². The lowest BCUT2D eigenvalue weighted by Gasteiger charge is -2.34. The fourth-order valence-corrected chi connectivity index (χ4v) is 3.25. The van der Waals surface area contributed by atoms with Crippen LogP contribution in [0.1, 0.15) is 58.1 Å². The first-order valence-corrected chi connectivity index (χ1v) is 8.77. The molecule has 5 nitrogen and oxygen atoms in total. The summed E-state index contributed by atoms with van der Waals surface area (Å²) in [5, 5.41) is 5.83. The van der Waals surface area contributed by atoms with Crippen LogP contribution < -0.4 is 10.6 Å². The van der Waals surface area contributed by atoms with Gasteiger partial charge in [0.2, 0.25) is 5.91 Å². The highest BCUT2D eigenvalue weighted by Gasteiger charge is 2.25. The lowest BCUT2D eigenvalue weighted by molar-refractivity contribution is -0.114. The molecule has 3 amide bonds. The number of carbonyl (C=O) groups is 2. The van der Waals surface area contributed by atoms with E-state index < -0.39 is 0 Å². The summed E-state index contributed by atoms with van der Waals surface area (Å²) in [7, 11) is 1.89. The van der Waals surface area contributed by atoms with Crippen LogP contribution in [-0.4, -0.2) is 29.9 Å². The number of nitrogens with one attached hydrogen (secondary N) is 2. The van der Waals surface area contributed by atoms with Gasteiger partial charge in [-0.25, -0.2) is 4.79 Å². The molecule has 1 aliphatic carbocycles. The Bertz CT molecular complexity index is 580. The molecule has 0 spiro atoms. The SMILES string of the molecule is CC(=O)Nc1cccc([C@H](C)NC(=O)N(C)C2CCC(C)CC2)c1. The Morgan fingerprint density at radius 1 is 1.21 bits per heavy atom. The summed E-state index contributed by atoms with van der Waals surface area (Å²) in [4.78, 5) is 25.5. The molecule has 1 atom stereocenters. The van der Waals surface area contributed by atoms with E-state index in [2.05, 4.69) is 17.6 Å². The summed E-state index contributed by atoms with van der Waals surface area (Å²) < 4.78 is 0. The molecule has 0 aliphatic heterocycles. The van der Waals surface area contributed by atoms with E-state index in [0.29, 0.717) is 6.04 Å². The van der Waals surface area contributed by atoms with Gasteiger partial charge in [0.25, 0.3) is 0 Å². The normalized spacial score (nSPS) is 21.7. The summed E-state index contributed by atoms with van der Waals surface area (Å²) >= 11 is 0. The smallest absolute Gasteiger partial charge is 0.317 e. The van der Waals surface area contributed by atoms with Gasteiger partial charge in [0.15, 0.2) is 0 Å². The van der Waals surface area contributed by atoms with Crippen molar-refractivity contribution in [2.45, 2.75) is 58.5 Å². The Morgan fingerprint density at radius 3 is 2.50 bits per heavy atom. The zero-order valence-electron chi connectivity index (χ0n) is 15.1. The van der Waals surface area contributed by atoms with Crippen molar-refractivity contribution in [1.29, 1.82) is 0 Å². The summed E-state index contributed by atoms with van der Waals surface area (Å²) in [6, 6.07) is 7.76. The van der Waals surface area contributed by atoms with Crippen molar-refractivity contribution in [3.63, 3.8) is 0 Å².